The molecule has 0 unspecified atom stereocenters. The van der Waals surface area contributed by atoms with Gasteiger partial charge in [0.05, 0.1) is 6.20 Å². The minimum atomic E-state index is 0.287. The normalized spacial score (nSPS) is 9.13. The van der Waals surface area contributed by atoms with Crippen LogP contribution in [0.15, 0.2) is 53.6 Å². The fraction of sp³-hybridized carbons (Fsp3) is 0.250. The van der Waals surface area contributed by atoms with Gasteiger partial charge in [-0.05, 0) is 18.4 Å². The van der Waals surface area contributed by atoms with E-state index in [0.29, 0.717) is 0 Å². The molecule has 0 saturated heterocycles. The summed E-state index contributed by atoms with van der Waals surface area (Å²) >= 11 is 0. The zero-order valence-corrected chi connectivity index (χ0v) is 8.54. The van der Waals surface area contributed by atoms with Gasteiger partial charge in [0.2, 0.25) is 0 Å². The molecule has 0 saturated carbocycles. The van der Waals surface area contributed by atoms with Crippen molar-refractivity contribution < 1.29 is 9.52 Å². The second kappa shape index (κ2) is 7.76. The van der Waals surface area contributed by atoms with Gasteiger partial charge in [0, 0.05) is 6.61 Å². The van der Waals surface area contributed by atoms with E-state index in [0.717, 1.165) is 12.8 Å². The van der Waals surface area contributed by atoms with Crippen LogP contribution < -0.4 is 0 Å². The summed E-state index contributed by atoms with van der Waals surface area (Å²) < 4.78 is 4.47. The Labute approximate surface area is 89.4 Å². The largest absolute Gasteiger partial charge is 0.452 e. The van der Waals surface area contributed by atoms with Crippen LogP contribution in [-0.4, -0.2) is 16.7 Å². The van der Waals surface area contributed by atoms with Crippen molar-refractivity contribution >= 4 is 0 Å². The highest BCUT2D eigenvalue weighted by atomic mass is 16.3. The molecule has 3 heteroatoms. The Morgan fingerprint density at radius 1 is 1.20 bits per heavy atom. The average molecular weight is 205 g/mol. The number of rotatable bonds is 3. The Kier molecular flexibility index (Phi) is 5.93. The van der Waals surface area contributed by atoms with E-state index in [1.54, 1.807) is 6.20 Å². The monoisotopic (exact) mass is 205 g/mol. The third-order valence-electron chi connectivity index (χ3n) is 1.81. The van der Waals surface area contributed by atoms with E-state index >= 15 is 0 Å². The Morgan fingerprint density at radius 3 is 2.47 bits per heavy atom. The summed E-state index contributed by atoms with van der Waals surface area (Å²) in [5, 5.41) is 8.53. The van der Waals surface area contributed by atoms with Gasteiger partial charge in [-0.25, -0.2) is 4.98 Å². The van der Waals surface area contributed by atoms with Crippen LogP contribution in [0.25, 0.3) is 0 Å². The van der Waals surface area contributed by atoms with E-state index in [1.165, 1.54) is 18.2 Å². The Bertz CT molecular complexity index is 301. The predicted octanol–water partition coefficient (Wildman–Crippen LogP) is 2.29. The maximum atomic E-state index is 8.53. The summed E-state index contributed by atoms with van der Waals surface area (Å²) in [6.45, 7) is 0.287. The summed E-state index contributed by atoms with van der Waals surface area (Å²) in [5.41, 5.74) is 1.30. The molecule has 1 N–H and O–H groups in total. The molecule has 0 aliphatic rings. The fourth-order valence-corrected chi connectivity index (χ4v) is 1.10. The molecule has 2 rings (SSSR count). The van der Waals surface area contributed by atoms with Gasteiger partial charge in [-0.1, -0.05) is 30.3 Å². The second-order valence-corrected chi connectivity index (χ2v) is 2.99. The molecule has 0 spiro atoms. The van der Waals surface area contributed by atoms with E-state index in [9.17, 15) is 0 Å². The molecule has 15 heavy (non-hydrogen) atoms. The highest BCUT2D eigenvalue weighted by Crippen LogP contribution is 2.00. The lowest BCUT2D eigenvalue weighted by Gasteiger charge is -1.96. The number of aliphatic hydroxyl groups is 1. The van der Waals surface area contributed by atoms with Gasteiger partial charge < -0.3 is 9.52 Å². The first-order valence-corrected chi connectivity index (χ1v) is 4.90. The van der Waals surface area contributed by atoms with Gasteiger partial charge in [0.1, 0.15) is 6.26 Å². The van der Waals surface area contributed by atoms with E-state index in [4.69, 9.17) is 5.11 Å². The van der Waals surface area contributed by atoms with Gasteiger partial charge in [-0.15, -0.1) is 0 Å². The smallest absolute Gasteiger partial charge is 0.180 e. The number of nitrogens with zero attached hydrogens (tertiary/aromatic N) is 1. The van der Waals surface area contributed by atoms with E-state index in [2.05, 4.69) is 21.5 Å². The topological polar surface area (TPSA) is 46.3 Å². The van der Waals surface area contributed by atoms with Crippen molar-refractivity contribution in [3.8, 4) is 0 Å². The van der Waals surface area contributed by atoms with Crippen molar-refractivity contribution in [2.75, 3.05) is 6.61 Å². The molecule has 0 fully saturated rings. The molecule has 0 aliphatic heterocycles. The molecule has 2 aromatic rings. The quantitative estimate of drug-likeness (QED) is 0.836. The van der Waals surface area contributed by atoms with E-state index < -0.39 is 0 Å². The molecule has 1 aromatic carbocycles. The van der Waals surface area contributed by atoms with Crippen LogP contribution in [0.5, 0.6) is 0 Å². The molecule has 0 amide bonds. The Balaban J connectivity index is 0.000000187. The maximum Gasteiger partial charge on any atom is 0.180 e. The van der Waals surface area contributed by atoms with Crippen LogP contribution in [0, 0.1) is 0 Å². The molecule has 1 aromatic heterocycles. The van der Waals surface area contributed by atoms with Crippen LogP contribution in [0.3, 0.4) is 0 Å². The number of hydrogen-bond acceptors (Lipinski definition) is 3. The number of aryl methyl sites for hydroxylation is 1. The average Bonchev–Trinajstić information content (AvgIpc) is 2.86. The molecule has 0 radical (unpaired) electrons. The first-order valence-electron chi connectivity index (χ1n) is 4.90. The van der Waals surface area contributed by atoms with Gasteiger partial charge in [0.25, 0.3) is 0 Å². The number of benzene rings is 1. The van der Waals surface area contributed by atoms with Crippen LogP contribution in [0.1, 0.15) is 12.0 Å². The van der Waals surface area contributed by atoms with Crippen LogP contribution in [0.4, 0.5) is 0 Å². The minimum absolute atomic E-state index is 0.287. The molecule has 80 valence electrons. The van der Waals surface area contributed by atoms with Crippen LogP contribution in [0.2, 0.25) is 0 Å². The van der Waals surface area contributed by atoms with E-state index in [-0.39, 0.29) is 6.61 Å². The molecule has 1 heterocycles. The lowest BCUT2D eigenvalue weighted by Crippen LogP contribution is -1.87. The molecule has 0 bridgehead atoms. The zero-order valence-electron chi connectivity index (χ0n) is 8.54. The molecule has 0 aliphatic carbocycles. The van der Waals surface area contributed by atoms with Crippen molar-refractivity contribution in [3.05, 3.63) is 54.7 Å². The lowest BCUT2D eigenvalue weighted by molar-refractivity contribution is 0.288. The number of aromatic nitrogens is 1. The van der Waals surface area contributed by atoms with Gasteiger partial charge >= 0.3 is 0 Å². The van der Waals surface area contributed by atoms with Crippen LogP contribution in [-0.2, 0) is 6.42 Å². The summed E-state index contributed by atoms with van der Waals surface area (Å²) in [6, 6.07) is 10.2. The van der Waals surface area contributed by atoms with Crippen molar-refractivity contribution in [2.45, 2.75) is 12.8 Å². The van der Waals surface area contributed by atoms with Crippen molar-refractivity contribution in [2.24, 2.45) is 0 Å². The van der Waals surface area contributed by atoms with Gasteiger partial charge in [-0.3, -0.25) is 0 Å². The summed E-state index contributed by atoms with van der Waals surface area (Å²) in [7, 11) is 0. The van der Waals surface area contributed by atoms with Crippen molar-refractivity contribution in [1.82, 2.24) is 4.98 Å². The first kappa shape index (κ1) is 11.5. The second-order valence-electron chi connectivity index (χ2n) is 2.99. The number of aliphatic hydroxyl groups excluding tert-OH is 1. The summed E-state index contributed by atoms with van der Waals surface area (Å²) in [5.74, 6) is 0. The number of hydrogen-bond donors (Lipinski definition) is 1. The van der Waals surface area contributed by atoms with Crippen LogP contribution >= 0.6 is 0 Å². The molecular weight excluding hydrogens is 190 g/mol. The zero-order chi connectivity index (χ0) is 10.8. The third-order valence-corrected chi connectivity index (χ3v) is 1.81. The molecule has 3 nitrogen and oxygen atoms in total. The molecular formula is C12H15NO2. The van der Waals surface area contributed by atoms with Gasteiger partial charge in [-0.2, -0.15) is 0 Å². The standard InChI is InChI=1S/C9H12O.C3H3NO/c10-8-4-7-9-5-2-1-3-6-9;1-2-5-3-4-1/h1-3,5-6,10H,4,7-8H2;1-3H. The lowest BCUT2D eigenvalue weighted by atomic mass is 10.1. The molecule has 0 atom stereocenters. The number of oxazole rings is 1. The van der Waals surface area contributed by atoms with Gasteiger partial charge in [0.15, 0.2) is 6.39 Å². The Hall–Kier alpha value is -1.61. The van der Waals surface area contributed by atoms with E-state index in [1.807, 2.05) is 18.2 Å². The Morgan fingerprint density at radius 2 is 2.00 bits per heavy atom. The van der Waals surface area contributed by atoms with Crippen molar-refractivity contribution in [1.29, 1.82) is 0 Å². The maximum absolute atomic E-state index is 8.53. The van der Waals surface area contributed by atoms with Crippen molar-refractivity contribution in [3.63, 3.8) is 0 Å². The SMILES string of the molecule is OCCCc1ccccc1.c1cocn1. The minimum Gasteiger partial charge on any atom is -0.452 e. The fourth-order valence-electron chi connectivity index (χ4n) is 1.10. The summed E-state index contributed by atoms with van der Waals surface area (Å²) in [6.07, 6.45) is 6.32. The summed E-state index contributed by atoms with van der Waals surface area (Å²) in [4.78, 5) is 3.56. The first-order chi connectivity index (χ1) is 7.43. The predicted molar refractivity (Wildman–Crippen MR) is 58.4 cm³/mol. The highest BCUT2D eigenvalue weighted by Gasteiger charge is 1.88. The highest BCUT2D eigenvalue weighted by molar-refractivity contribution is 5.14. The third kappa shape index (κ3) is 5.65.